The van der Waals surface area contributed by atoms with Crippen molar-refractivity contribution in [3.8, 4) is 5.75 Å². The summed E-state index contributed by atoms with van der Waals surface area (Å²) in [6.07, 6.45) is 4.51. The van der Waals surface area contributed by atoms with Crippen LogP contribution in [-0.4, -0.2) is 46.0 Å². The Balaban J connectivity index is 1.86. The standard InChI is InChI=1S/C20H26N2O4S/c1-3-26-17-8-6-16(7-9-17)20(10-13-25-14-11-20)15-22-19-18(27(2,23)24)5-4-12-21-19/h4-9,12H,3,10-11,13-15H2,1-2H3,(H,21,22). The van der Waals surface area contributed by atoms with E-state index in [-0.39, 0.29) is 10.3 Å². The van der Waals surface area contributed by atoms with Crippen molar-refractivity contribution in [1.29, 1.82) is 0 Å². The molecule has 0 atom stereocenters. The van der Waals surface area contributed by atoms with E-state index in [0.29, 0.717) is 32.2 Å². The van der Waals surface area contributed by atoms with E-state index in [4.69, 9.17) is 9.47 Å². The van der Waals surface area contributed by atoms with Crippen molar-refractivity contribution in [2.75, 3.05) is 37.9 Å². The van der Waals surface area contributed by atoms with E-state index < -0.39 is 9.84 Å². The number of hydrogen-bond acceptors (Lipinski definition) is 6. The van der Waals surface area contributed by atoms with Crippen molar-refractivity contribution >= 4 is 15.7 Å². The zero-order chi connectivity index (χ0) is 19.3. The minimum atomic E-state index is -3.35. The van der Waals surface area contributed by atoms with Crippen LogP contribution in [0.15, 0.2) is 47.5 Å². The molecule has 0 saturated carbocycles. The van der Waals surface area contributed by atoms with Gasteiger partial charge in [-0.15, -0.1) is 0 Å². The van der Waals surface area contributed by atoms with Crippen molar-refractivity contribution in [3.63, 3.8) is 0 Å². The van der Waals surface area contributed by atoms with Gasteiger partial charge in [0.05, 0.1) is 6.61 Å². The fourth-order valence-corrected chi connectivity index (χ4v) is 4.28. The summed E-state index contributed by atoms with van der Waals surface area (Å²) in [6.45, 7) is 4.54. The highest BCUT2D eigenvalue weighted by Gasteiger charge is 2.35. The predicted molar refractivity (Wildman–Crippen MR) is 105 cm³/mol. The van der Waals surface area contributed by atoms with E-state index in [0.717, 1.165) is 18.6 Å². The van der Waals surface area contributed by atoms with Crippen LogP contribution in [0.1, 0.15) is 25.3 Å². The summed E-state index contributed by atoms with van der Waals surface area (Å²) >= 11 is 0. The molecule has 27 heavy (non-hydrogen) atoms. The maximum absolute atomic E-state index is 12.0. The van der Waals surface area contributed by atoms with Gasteiger partial charge in [-0.3, -0.25) is 0 Å². The Bertz CT molecular complexity index is 860. The smallest absolute Gasteiger partial charge is 0.179 e. The van der Waals surface area contributed by atoms with Gasteiger partial charge in [0.15, 0.2) is 9.84 Å². The van der Waals surface area contributed by atoms with E-state index in [1.165, 1.54) is 11.8 Å². The van der Waals surface area contributed by atoms with Crippen LogP contribution in [0.25, 0.3) is 0 Å². The molecule has 0 radical (unpaired) electrons. The van der Waals surface area contributed by atoms with E-state index in [1.807, 2.05) is 19.1 Å². The van der Waals surface area contributed by atoms with Crippen molar-refractivity contribution in [2.45, 2.75) is 30.1 Å². The summed E-state index contributed by atoms with van der Waals surface area (Å²) in [5.74, 6) is 1.25. The SMILES string of the molecule is CCOc1ccc(C2(CNc3ncccc3S(C)(=O)=O)CCOCC2)cc1. The number of pyridine rings is 1. The molecule has 7 heteroatoms. The van der Waals surface area contributed by atoms with Gasteiger partial charge in [-0.05, 0) is 49.6 Å². The lowest BCUT2D eigenvalue weighted by Gasteiger charge is -2.38. The number of anilines is 1. The minimum Gasteiger partial charge on any atom is -0.494 e. The fourth-order valence-electron chi connectivity index (χ4n) is 3.48. The molecule has 0 unspecified atom stereocenters. The van der Waals surface area contributed by atoms with Crippen LogP contribution in [0.5, 0.6) is 5.75 Å². The van der Waals surface area contributed by atoms with E-state index in [1.54, 1.807) is 18.3 Å². The van der Waals surface area contributed by atoms with Crippen LogP contribution in [0, 0.1) is 0 Å². The third-order valence-electron chi connectivity index (χ3n) is 4.99. The molecule has 1 N–H and O–H groups in total. The van der Waals surface area contributed by atoms with Gasteiger partial charge in [-0.25, -0.2) is 13.4 Å². The summed E-state index contributed by atoms with van der Waals surface area (Å²) in [4.78, 5) is 4.47. The highest BCUT2D eigenvalue weighted by atomic mass is 32.2. The molecular formula is C20H26N2O4S. The lowest BCUT2D eigenvalue weighted by Crippen LogP contribution is -2.40. The summed E-state index contributed by atoms with van der Waals surface area (Å²) in [6, 6.07) is 11.4. The molecule has 0 aliphatic carbocycles. The summed E-state index contributed by atoms with van der Waals surface area (Å²) in [7, 11) is -3.35. The van der Waals surface area contributed by atoms with Crippen molar-refractivity contribution < 1.29 is 17.9 Å². The largest absolute Gasteiger partial charge is 0.494 e. The third kappa shape index (κ3) is 4.59. The van der Waals surface area contributed by atoms with Gasteiger partial charge in [0.1, 0.15) is 16.5 Å². The van der Waals surface area contributed by atoms with Gasteiger partial charge < -0.3 is 14.8 Å². The van der Waals surface area contributed by atoms with Crippen LogP contribution >= 0.6 is 0 Å². The number of nitrogens with zero attached hydrogens (tertiary/aromatic N) is 1. The Labute approximate surface area is 160 Å². The van der Waals surface area contributed by atoms with Crippen molar-refractivity contribution in [2.24, 2.45) is 0 Å². The zero-order valence-corrected chi connectivity index (χ0v) is 16.6. The quantitative estimate of drug-likeness (QED) is 0.783. The van der Waals surface area contributed by atoms with Gasteiger partial charge in [0.25, 0.3) is 0 Å². The molecule has 0 spiro atoms. The van der Waals surface area contributed by atoms with Crippen LogP contribution in [0.2, 0.25) is 0 Å². The molecule has 1 saturated heterocycles. The van der Waals surface area contributed by atoms with E-state index in [2.05, 4.69) is 22.4 Å². The molecule has 1 fully saturated rings. The highest BCUT2D eigenvalue weighted by molar-refractivity contribution is 7.90. The van der Waals surface area contributed by atoms with Crippen LogP contribution < -0.4 is 10.1 Å². The van der Waals surface area contributed by atoms with Gasteiger partial charge in [-0.1, -0.05) is 12.1 Å². The first kappa shape index (κ1) is 19.6. The molecule has 1 aromatic carbocycles. The fraction of sp³-hybridized carbons (Fsp3) is 0.450. The number of rotatable bonds is 7. The second-order valence-electron chi connectivity index (χ2n) is 6.83. The average molecular weight is 391 g/mol. The molecule has 0 amide bonds. The molecular weight excluding hydrogens is 364 g/mol. The van der Waals surface area contributed by atoms with E-state index >= 15 is 0 Å². The maximum Gasteiger partial charge on any atom is 0.179 e. The Morgan fingerprint density at radius 2 is 1.89 bits per heavy atom. The van der Waals surface area contributed by atoms with Gasteiger partial charge in [0, 0.05) is 37.6 Å². The molecule has 1 aromatic heterocycles. The Morgan fingerprint density at radius 3 is 2.52 bits per heavy atom. The predicted octanol–water partition coefficient (Wildman–Crippen LogP) is 3.04. The third-order valence-corrected chi connectivity index (χ3v) is 6.12. The summed E-state index contributed by atoms with van der Waals surface area (Å²) < 4.78 is 35.2. The molecule has 2 heterocycles. The molecule has 146 valence electrons. The molecule has 1 aliphatic heterocycles. The topological polar surface area (TPSA) is 77.5 Å². The number of nitrogens with one attached hydrogen (secondary N) is 1. The number of benzene rings is 1. The molecule has 3 rings (SSSR count). The monoisotopic (exact) mass is 390 g/mol. The molecule has 0 bridgehead atoms. The Kier molecular flexibility index (Phi) is 6.01. The van der Waals surface area contributed by atoms with E-state index in [9.17, 15) is 8.42 Å². The van der Waals surface area contributed by atoms with Gasteiger partial charge >= 0.3 is 0 Å². The zero-order valence-electron chi connectivity index (χ0n) is 15.8. The second-order valence-corrected chi connectivity index (χ2v) is 8.81. The summed E-state index contributed by atoms with van der Waals surface area (Å²) in [5, 5.41) is 3.29. The number of sulfone groups is 1. The van der Waals surface area contributed by atoms with Crippen LogP contribution in [0.4, 0.5) is 5.82 Å². The number of hydrogen-bond donors (Lipinski definition) is 1. The average Bonchev–Trinajstić information content (AvgIpc) is 2.67. The van der Waals surface area contributed by atoms with Gasteiger partial charge in [-0.2, -0.15) is 0 Å². The van der Waals surface area contributed by atoms with Crippen LogP contribution in [0.3, 0.4) is 0 Å². The molecule has 2 aromatic rings. The normalized spacial score (nSPS) is 16.7. The van der Waals surface area contributed by atoms with Crippen LogP contribution in [-0.2, 0) is 20.0 Å². The van der Waals surface area contributed by atoms with Gasteiger partial charge in [0.2, 0.25) is 0 Å². The first-order valence-corrected chi connectivity index (χ1v) is 11.0. The lowest BCUT2D eigenvalue weighted by molar-refractivity contribution is 0.0543. The second kappa shape index (κ2) is 8.27. The highest BCUT2D eigenvalue weighted by Crippen LogP contribution is 2.36. The first-order valence-electron chi connectivity index (χ1n) is 9.15. The number of ether oxygens (including phenoxy) is 2. The van der Waals surface area contributed by atoms with Crippen molar-refractivity contribution in [3.05, 3.63) is 48.2 Å². The molecule has 6 nitrogen and oxygen atoms in total. The van der Waals surface area contributed by atoms with Crippen molar-refractivity contribution in [1.82, 2.24) is 4.98 Å². The first-order chi connectivity index (χ1) is 12.9. The maximum atomic E-state index is 12.0. The Morgan fingerprint density at radius 1 is 1.19 bits per heavy atom. The number of aromatic nitrogens is 1. The minimum absolute atomic E-state index is 0.144. The Hall–Kier alpha value is -2.12. The molecule has 1 aliphatic rings. The summed E-state index contributed by atoms with van der Waals surface area (Å²) in [5.41, 5.74) is 1.05. The lowest BCUT2D eigenvalue weighted by atomic mass is 9.74.